The van der Waals surface area contributed by atoms with Crippen molar-refractivity contribution in [3.8, 4) is 0 Å². The summed E-state index contributed by atoms with van der Waals surface area (Å²) in [6, 6.07) is 14.6. The number of sulfone groups is 1. The van der Waals surface area contributed by atoms with Gasteiger partial charge in [-0.3, -0.25) is 0 Å². The van der Waals surface area contributed by atoms with Crippen LogP contribution in [-0.2, 0) is 23.1 Å². The molecule has 2 aromatic carbocycles. The van der Waals surface area contributed by atoms with Crippen LogP contribution in [0.3, 0.4) is 0 Å². The summed E-state index contributed by atoms with van der Waals surface area (Å²) in [5, 5.41) is 30.3. The van der Waals surface area contributed by atoms with E-state index in [1.165, 1.54) is 5.41 Å². The maximum atomic E-state index is 12.7. The van der Waals surface area contributed by atoms with E-state index in [-0.39, 0.29) is 19.1 Å². The Morgan fingerprint density at radius 2 is 1.55 bits per heavy atom. The average molecular weight is 413 g/mol. The molecule has 2 aromatic rings. The zero-order chi connectivity index (χ0) is 20.6. The summed E-state index contributed by atoms with van der Waals surface area (Å²) in [5.74, 6) is -0.845. The summed E-state index contributed by atoms with van der Waals surface area (Å²) < 4.78 is 25.4. The summed E-state index contributed by atoms with van der Waals surface area (Å²) in [7, 11) is -3.45. The van der Waals surface area contributed by atoms with Crippen LogP contribution in [0, 0.1) is 5.92 Å². The molecule has 2 aliphatic rings. The molecule has 0 saturated heterocycles. The van der Waals surface area contributed by atoms with Crippen LogP contribution in [-0.4, -0.2) is 34.6 Å². The van der Waals surface area contributed by atoms with Gasteiger partial charge in [-0.1, -0.05) is 66.8 Å². The van der Waals surface area contributed by atoms with Crippen molar-refractivity contribution < 1.29 is 23.7 Å². The molecule has 152 valence electrons. The molecule has 1 saturated carbocycles. The molecular weight excluding hydrogens is 388 g/mol. The second-order valence-electron chi connectivity index (χ2n) is 7.84. The normalized spacial score (nSPS) is 30.1. The molecule has 29 heavy (non-hydrogen) atoms. The van der Waals surface area contributed by atoms with Crippen molar-refractivity contribution in [2.24, 2.45) is 5.92 Å². The van der Waals surface area contributed by atoms with E-state index in [2.05, 4.69) is 0 Å². The fourth-order valence-electron chi connectivity index (χ4n) is 4.47. The molecule has 4 atom stereocenters. The van der Waals surface area contributed by atoms with Crippen LogP contribution in [0.5, 0.6) is 0 Å². The summed E-state index contributed by atoms with van der Waals surface area (Å²) in [5.41, 5.74) is 2.00. The van der Waals surface area contributed by atoms with E-state index in [1.54, 1.807) is 30.4 Å². The van der Waals surface area contributed by atoms with Gasteiger partial charge in [-0.2, -0.15) is 0 Å². The van der Waals surface area contributed by atoms with Crippen LogP contribution >= 0.6 is 0 Å². The molecule has 0 bridgehead atoms. The fraction of sp³-hybridized carbons (Fsp3) is 0.304. The molecule has 5 nitrogen and oxygen atoms in total. The largest absolute Gasteiger partial charge is 0.392 e. The van der Waals surface area contributed by atoms with Crippen molar-refractivity contribution in [1.29, 1.82) is 0 Å². The van der Waals surface area contributed by atoms with Gasteiger partial charge in [-0.15, -0.1) is 0 Å². The lowest BCUT2D eigenvalue weighted by Gasteiger charge is -2.24. The van der Waals surface area contributed by atoms with Gasteiger partial charge < -0.3 is 15.3 Å². The predicted octanol–water partition coefficient (Wildman–Crippen LogP) is 2.53. The number of rotatable bonds is 5. The van der Waals surface area contributed by atoms with Gasteiger partial charge in [-0.05, 0) is 28.7 Å². The molecule has 4 rings (SSSR count). The maximum Gasteiger partial charge on any atom is 0.175 e. The average Bonchev–Trinajstić information content (AvgIpc) is 3.23. The van der Waals surface area contributed by atoms with Crippen molar-refractivity contribution >= 4 is 15.9 Å². The predicted molar refractivity (Wildman–Crippen MR) is 111 cm³/mol. The SMILES string of the molecule is O=S1(=O)C=C[C@@H]2[C@H]1[C@@H](c1ccc(CO)cc1)C[C@@]2(O)/C=C/c1ccc(CO)cc1. The number of hydrogen-bond donors (Lipinski definition) is 3. The molecule has 3 N–H and O–H groups in total. The monoisotopic (exact) mass is 412 g/mol. The molecule has 6 heteroatoms. The smallest absolute Gasteiger partial charge is 0.175 e. The van der Waals surface area contributed by atoms with Crippen molar-refractivity contribution in [3.05, 3.63) is 88.3 Å². The van der Waals surface area contributed by atoms with Crippen molar-refractivity contribution in [1.82, 2.24) is 0 Å². The van der Waals surface area contributed by atoms with Crippen LogP contribution in [0.25, 0.3) is 6.08 Å². The first-order valence-electron chi connectivity index (χ1n) is 9.59. The lowest BCUT2D eigenvalue weighted by atomic mass is 9.89. The Bertz CT molecular complexity index is 1040. The minimum absolute atomic E-state index is 0.0307. The highest BCUT2D eigenvalue weighted by molar-refractivity contribution is 7.95. The Balaban J connectivity index is 1.66. The summed E-state index contributed by atoms with van der Waals surface area (Å²) in [4.78, 5) is 0. The van der Waals surface area contributed by atoms with Crippen LogP contribution < -0.4 is 0 Å². The Hall–Kier alpha value is -2.25. The van der Waals surface area contributed by atoms with Gasteiger partial charge in [0.2, 0.25) is 0 Å². The van der Waals surface area contributed by atoms with E-state index in [9.17, 15) is 18.6 Å². The summed E-state index contributed by atoms with van der Waals surface area (Å²) in [6.45, 7) is -0.101. The molecule has 0 aromatic heterocycles. The highest BCUT2D eigenvalue weighted by Gasteiger charge is 2.57. The van der Waals surface area contributed by atoms with Gasteiger partial charge in [0.1, 0.15) is 0 Å². The molecule has 0 amide bonds. The maximum absolute atomic E-state index is 12.7. The van der Waals surface area contributed by atoms with Gasteiger partial charge in [0.05, 0.1) is 24.1 Å². The highest BCUT2D eigenvalue weighted by atomic mass is 32.2. The van der Waals surface area contributed by atoms with Crippen molar-refractivity contribution in [3.63, 3.8) is 0 Å². The topological polar surface area (TPSA) is 94.8 Å². The Morgan fingerprint density at radius 3 is 2.14 bits per heavy atom. The zero-order valence-electron chi connectivity index (χ0n) is 15.8. The number of aliphatic hydroxyl groups is 3. The minimum Gasteiger partial charge on any atom is -0.392 e. The molecule has 1 aliphatic heterocycles. The molecule has 1 heterocycles. The first kappa shape index (κ1) is 20.0. The van der Waals surface area contributed by atoms with E-state index >= 15 is 0 Å². The van der Waals surface area contributed by atoms with Gasteiger partial charge >= 0.3 is 0 Å². The number of fused-ring (bicyclic) bond motifs is 1. The Labute approximate surface area is 170 Å². The zero-order valence-corrected chi connectivity index (χ0v) is 16.7. The molecule has 0 unspecified atom stereocenters. The third-order valence-electron chi connectivity index (χ3n) is 6.05. The summed E-state index contributed by atoms with van der Waals surface area (Å²) >= 11 is 0. The third kappa shape index (κ3) is 3.69. The molecule has 1 fully saturated rings. The van der Waals surface area contributed by atoms with Crippen molar-refractivity contribution in [2.45, 2.75) is 36.4 Å². The highest BCUT2D eigenvalue weighted by Crippen LogP contribution is 2.53. The van der Waals surface area contributed by atoms with Gasteiger partial charge in [0, 0.05) is 17.2 Å². The molecular formula is C23H24O5S. The molecule has 0 spiro atoms. The second kappa shape index (κ2) is 7.54. The van der Waals surface area contributed by atoms with Crippen LogP contribution in [0.15, 0.2) is 66.1 Å². The minimum atomic E-state index is -3.45. The Morgan fingerprint density at radius 1 is 0.966 bits per heavy atom. The second-order valence-corrected chi connectivity index (χ2v) is 9.84. The first-order valence-corrected chi connectivity index (χ1v) is 11.2. The van der Waals surface area contributed by atoms with E-state index in [4.69, 9.17) is 5.11 Å². The molecule has 0 radical (unpaired) electrons. The van der Waals surface area contributed by atoms with E-state index in [0.29, 0.717) is 6.42 Å². The van der Waals surface area contributed by atoms with E-state index in [0.717, 1.165) is 22.3 Å². The van der Waals surface area contributed by atoms with Crippen molar-refractivity contribution in [2.75, 3.05) is 0 Å². The van der Waals surface area contributed by atoms with Gasteiger partial charge in [0.25, 0.3) is 0 Å². The Kier molecular flexibility index (Phi) is 5.21. The lowest BCUT2D eigenvalue weighted by Crippen LogP contribution is -2.33. The van der Waals surface area contributed by atoms with Gasteiger partial charge in [-0.25, -0.2) is 8.42 Å². The third-order valence-corrected chi connectivity index (χ3v) is 7.96. The van der Waals surface area contributed by atoms with E-state index < -0.39 is 26.6 Å². The van der Waals surface area contributed by atoms with E-state index in [1.807, 2.05) is 36.4 Å². The number of benzene rings is 2. The summed E-state index contributed by atoms with van der Waals surface area (Å²) in [6.07, 6.45) is 5.41. The quantitative estimate of drug-likeness (QED) is 0.702. The standard InChI is InChI=1S/C23H24O5S/c24-14-17-3-1-16(2-4-17)9-11-23(26)13-20(19-7-5-18(15-25)6-8-19)22-21(23)10-12-29(22,27)28/h1-12,20-22,24-26H,13-15H2/b11-9+/t20-,21-,22-,23+/m1/s1. The number of hydrogen-bond acceptors (Lipinski definition) is 5. The first-order chi connectivity index (χ1) is 13.9. The fourth-order valence-corrected chi connectivity index (χ4v) is 6.48. The van der Waals surface area contributed by atoms with Crippen LogP contribution in [0.2, 0.25) is 0 Å². The lowest BCUT2D eigenvalue weighted by molar-refractivity contribution is 0.0705. The number of aliphatic hydroxyl groups excluding tert-OH is 2. The van der Waals surface area contributed by atoms with Gasteiger partial charge in [0.15, 0.2) is 9.84 Å². The van der Waals surface area contributed by atoms with Crippen LogP contribution in [0.1, 0.15) is 34.6 Å². The van der Waals surface area contributed by atoms with Crippen LogP contribution in [0.4, 0.5) is 0 Å². The molecule has 1 aliphatic carbocycles.